The SMILES string of the molecule is CSCCC(NC(=O)c1ccc(CN(C)C(C)(C)CC2CCCCC2)cc1-c1ccccc1C)C(=O)O.[H-].[Li+]. The molecular formula is C31H45LiN2O3S. The summed E-state index contributed by atoms with van der Waals surface area (Å²) in [6.07, 6.45) is 10.3. The van der Waals surface area contributed by atoms with E-state index in [9.17, 15) is 14.7 Å². The molecule has 1 amide bonds. The minimum Gasteiger partial charge on any atom is -1.00 e. The minimum atomic E-state index is -1.00. The number of carboxylic acids is 1. The molecule has 38 heavy (non-hydrogen) atoms. The number of aryl methyl sites for hydroxylation is 1. The maximum Gasteiger partial charge on any atom is 1.00 e. The predicted octanol–water partition coefficient (Wildman–Crippen LogP) is 3.90. The van der Waals surface area contributed by atoms with Gasteiger partial charge in [0.1, 0.15) is 6.04 Å². The Morgan fingerprint density at radius 3 is 2.45 bits per heavy atom. The Balaban J connectivity index is 0.00000380. The Bertz CT molecular complexity index is 1080. The van der Waals surface area contributed by atoms with Crippen LogP contribution in [0, 0.1) is 12.8 Å². The van der Waals surface area contributed by atoms with E-state index in [4.69, 9.17) is 0 Å². The second-order valence-corrected chi connectivity index (χ2v) is 12.2. The molecule has 0 bridgehead atoms. The predicted molar refractivity (Wildman–Crippen MR) is 156 cm³/mol. The molecule has 0 aromatic heterocycles. The summed E-state index contributed by atoms with van der Waals surface area (Å²) in [7, 11) is 2.19. The van der Waals surface area contributed by atoms with E-state index in [1.54, 1.807) is 11.8 Å². The van der Waals surface area contributed by atoms with E-state index >= 15 is 0 Å². The van der Waals surface area contributed by atoms with Gasteiger partial charge in [-0.25, -0.2) is 4.79 Å². The number of benzene rings is 2. The molecule has 0 saturated heterocycles. The molecule has 0 radical (unpaired) electrons. The van der Waals surface area contributed by atoms with Crippen LogP contribution in [0.3, 0.4) is 0 Å². The van der Waals surface area contributed by atoms with Gasteiger partial charge in [-0.05, 0) is 93.0 Å². The number of nitrogens with zero attached hydrogens (tertiary/aromatic N) is 1. The normalized spacial score (nSPS) is 15.1. The van der Waals surface area contributed by atoms with E-state index in [1.165, 1.54) is 38.5 Å². The van der Waals surface area contributed by atoms with Crippen LogP contribution in [0.4, 0.5) is 0 Å². The van der Waals surface area contributed by atoms with Crippen molar-refractivity contribution in [1.29, 1.82) is 0 Å². The van der Waals surface area contributed by atoms with Crippen LogP contribution in [0.25, 0.3) is 11.1 Å². The molecule has 204 valence electrons. The standard InChI is InChI=1S/C31H44N2O3S.Li.H/c1-22-11-9-10-14-25(22)27-19-24(21-33(4)31(2,3)20-23-12-7-6-8-13-23)15-16-26(27)29(34)32-28(30(35)36)17-18-37-5;;/h9-11,14-16,19,23,28H,6-8,12-13,17-18,20-21H2,1-5H3,(H,32,34)(H,35,36);;/q;+1;-1. The number of hydrogen-bond donors (Lipinski definition) is 2. The summed E-state index contributed by atoms with van der Waals surface area (Å²) in [5.41, 5.74) is 4.66. The van der Waals surface area contributed by atoms with E-state index in [1.807, 2.05) is 49.6 Å². The van der Waals surface area contributed by atoms with Crippen molar-refractivity contribution in [3.63, 3.8) is 0 Å². The third kappa shape index (κ3) is 8.91. The Kier molecular flexibility index (Phi) is 13.0. The van der Waals surface area contributed by atoms with Gasteiger partial charge in [-0.3, -0.25) is 9.69 Å². The average Bonchev–Trinajstić information content (AvgIpc) is 2.86. The summed E-state index contributed by atoms with van der Waals surface area (Å²) >= 11 is 1.57. The number of carbonyl (C=O) groups is 2. The first kappa shape index (κ1) is 32.5. The summed E-state index contributed by atoms with van der Waals surface area (Å²) in [6.45, 7) is 7.51. The van der Waals surface area contributed by atoms with Gasteiger partial charge in [0.05, 0.1) is 0 Å². The van der Waals surface area contributed by atoms with Crippen molar-refractivity contribution in [2.75, 3.05) is 19.1 Å². The maximum atomic E-state index is 13.4. The first-order valence-corrected chi connectivity index (χ1v) is 14.9. The second kappa shape index (κ2) is 15.2. The van der Waals surface area contributed by atoms with Gasteiger partial charge in [-0.15, -0.1) is 0 Å². The van der Waals surface area contributed by atoms with Crippen molar-refractivity contribution >= 4 is 23.6 Å². The van der Waals surface area contributed by atoms with Crippen LogP contribution in [0.2, 0.25) is 0 Å². The molecule has 1 unspecified atom stereocenters. The van der Waals surface area contributed by atoms with Crippen LogP contribution < -0.4 is 24.2 Å². The minimum absolute atomic E-state index is 0. The fraction of sp³-hybridized carbons (Fsp3) is 0.548. The molecule has 1 fully saturated rings. The zero-order valence-electron chi connectivity index (χ0n) is 25.2. The van der Waals surface area contributed by atoms with Gasteiger partial charge in [0, 0.05) is 17.6 Å². The van der Waals surface area contributed by atoms with Crippen molar-refractivity contribution in [2.24, 2.45) is 5.92 Å². The molecule has 2 aromatic carbocycles. The number of rotatable bonds is 12. The maximum absolute atomic E-state index is 13.4. The Hall–Kier alpha value is -1.71. The van der Waals surface area contributed by atoms with Gasteiger partial charge < -0.3 is 11.8 Å². The fourth-order valence-corrected chi connectivity index (χ4v) is 5.93. The zero-order chi connectivity index (χ0) is 27.0. The number of aliphatic carboxylic acids is 1. The third-order valence-corrected chi connectivity index (χ3v) is 8.59. The zero-order valence-corrected chi connectivity index (χ0v) is 25.0. The Labute approximate surface area is 247 Å². The monoisotopic (exact) mass is 532 g/mol. The molecule has 1 aliphatic carbocycles. The number of thioether (sulfide) groups is 1. The molecule has 0 aliphatic heterocycles. The van der Waals surface area contributed by atoms with Crippen LogP contribution >= 0.6 is 11.8 Å². The number of nitrogens with one attached hydrogen (secondary N) is 1. The molecule has 1 aliphatic rings. The summed E-state index contributed by atoms with van der Waals surface area (Å²) < 4.78 is 0. The molecular weight excluding hydrogens is 487 g/mol. The van der Waals surface area contributed by atoms with Crippen LogP contribution in [0.1, 0.15) is 81.7 Å². The number of hydrogen-bond acceptors (Lipinski definition) is 4. The summed E-state index contributed by atoms with van der Waals surface area (Å²) in [4.78, 5) is 27.5. The second-order valence-electron chi connectivity index (χ2n) is 11.2. The molecule has 1 atom stereocenters. The number of amides is 1. The smallest absolute Gasteiger partial charge is 1.00 e. The summed E-state index contributed by atoms with van der Waals surface area (Å²) in [5.74, 6) is 0.125. The van der Waals surface area contributed by atoms with E-state index in [-0.39, 0.29) is 31.7 Å². The largest absolute Gasteiger partial charge is 1.00 e. The first-order chi connectivity index (χ1) is 17.6. The van der Waals surface area contributed by atoms with E-state index in [0.717, 1.165) is 34.7 Å². The van der Waals surface area contributed by atoms with Crippen LogP contribution in [-0.4, -0.2) is 52.5 Å². The van der Waals surface area contributed by atoms with Gasteiger partial charge in [0.25, 0.3) is 5.91 Å². The molecule has 0 heterocycles. The molecule has 3 rings (SSSR count). The van der Waals surface area contributed by atoms with Crippen molar-refractivity contribution in [1.82, 2.24) is 10.2 Å². The van der Waals surface area contributed by atoms with Gasteiger partial charge in [-0.1, -0.05) is 62.4 Å². The fourth-order valence-electron chi connectivity index (χ4n) is 5.46. The van der Waals surface area contributed by atoms with Crippen molar-refractivity contribution in [2.45, 2.75) is 83.8 Å². The Morgan fingerprint density at radius 1 is 1.13 bits per heavy atom. The van der Waals surface area contributed by atoms with Gasteiger partial charge in [0.2, 0.25) is 0 Å². The quantitative estimate of drug-likeness (QED) is 0.406. The van der Waals surface area contributed by atoms with Gasteiger partial charge >= 0.3 is 24.8 Å². The van der Waals surface area contributed by atoms with E-state index in [2.05, 4.69) is 37.2 Å². The van der Waals surface area contributed by atoms with E-state index in [0.29, 0.717) is 17.7 Å². The van der Waals surface area contributed by atoms with Crippen LogP contribution in [0.15, 0.2) is 42.5 Å². The molecule has 2 aromatic rings. The van der Waals surface area contributed by atoms with Gasteiger partial charge in [-0.2, -0.15) is 11.8 Å². The molecule has 1 saturated carbocycles. The molecule has 5 nitrogen and oxygen atoms in total. The Morgan fingerprint density at radius 2 is 1.82 bits per heavy atom. The molecule has 2 N–H and O–H groups in total. The average molecular weight is 533 g/mol. The number of carbonyl (C=O) groups excluding carboxylic acids is 1. The summed E-state index contributed by atoms with van der Waals surface area (Å²) in [6, 6.07) is 13.1. The summed E-state index contributed by atoms with van der Waals surface area (Å²) in [5, 5.41) is 12.4. The number of carboxylic acid groups (broad SMARTS) is 1. The topological polar surface area (TPSA) is 69.6 Å². The van der Waals surface area contributed by atoms with Gasteiger partial charge in [0.15, 0.2) is 0 Å². The first-order valence-electron chi connectivity index (χ1n) is 13.5. The van der Waals surface area contributed by atoms with Crippen molar-refractivity contribution in [3.05, 3.63) is 59.2 Å². The van der Waals surface area contributed by atoms with Crippen LogP contribution in [0.5, 0.6) is 0 Å². The van der Waals surface area contributed by atoms with Crippen molar-refractivity contribution in [3.8, 4) is 11.1 Å². The molecule has 7 heteroatoms. The third-order valence-electron chi connectivity index (χ3n) is 7.94. The van der Waals surface area contributed by atoms with Crippen LogP contribution in [-0.2, 0) is 11.3 Å². The molecule has 0 spiro atoms. The van der Waals surface area contributed by atoms with Crippen molar-refractivity contribution < 1.29 is 35.0 Å². The van der Waals surface area contributed by atoms with E-state index < -0.39 is 12.0 Å².